The molecule has 2 nitrogen and oxygen atoms in total. The van der Waals surface area contributed by atoms with Crippen molar-refractivity contribution in [2.75, 3.05) is 33.1 Å². The molecule has 2 aromatic rings. The zero-order chi connectivity index (χ0) is 19.7. The van der Waals surface area contributed by atoms with Gasteiger partial charge in [-0.3, -0.25) is 0 Å². The topological polar surface area (TPSA) is 6.25 Å². The van der Waals surface area contributed by atoms with Crippen LogP contribution in [0.5, 0.6) is 0 Å². The molecule has 2 aliphatic carbocycles. The van der Waals surface area contributed by atoms with E-state index >= 15 is 0 Å². The van der Waals surface area contributed by atoms with Crippen LogP contribution >= 0.6 is 0 Å². The summed E-state index contributed by atoms with van der Waals surface area (Å²) in [5.74, 6) is 6.85. The van der Waals surface area contributed by atoms with Gasteiger partial charge < -0.3 is 4.90 Å². The van der Waals surface area contributed by atoms with Crippen LogP contribution in [0.2, 0.25) is 0 Å². The zero-order valence-corrected chi connectivity index (χ0v) is 17.0. The first-order valence-corrected chi connectivity index (χ1v) is 9.58. The highest BCUT2D eigenvalue weighted by molar-refractivity contribution is 6.06. The zero-order valence-electron chi connectivity index (χ0n) is 17.0. The molecule has 138 valence electrons. The maximum atomic E-state index is 3.49. The third-order valence-corrected chi connectivity index (χ3v) is 5.24. The maximum absolute atomic E-state index is 3.49. The van der Waals surface area contributed by atoms with Crippen molar-refractivity contribution in [2.45, 2.75) is 6.42 Å². The maximum Gasteiger partial charge on any atom is 0.199 e. The number of hydrogen-bond donors (Lipinski definition) is 0. The summed E-state index contributed by atoms with van der Waals surface area (Å²) in [6.07, 6.45) is 7.64. The lowest BCUT2D eigenvalue weighted by Gasteiger charge is -2.25. The van der Waals surface area contributed by atoms with E-state index in [4.69, 9.17) is 0 Å². The van der Waals surface area contributed by atoms with Crippen LogP contribution in [0.4, 0.5) is 5.69 Å². The lowest BCUT2D eigenvalue weighted by Crippen LogP contribution is -2.17. The standard InChI is InChI=1S/C26H25N2/c1-27(2)22-11-14-24-20(17-22)16-21-18-23(28(3)4)12-15-25(21)26(24)13-10-19-8-6-5-7-9-19/h5-9,11-12,14-15,17-18H,16H2,1-4H3/q+1. The number of anilines is 1. The number of allylic oxidation sites excluding steroid dienone is 6. The highest BCUT2D eigenvalue weighted by Gasteiger charge is 2.24. The van der Waals surface area contributed by atoms with Gasteiger partial charge in [0.25, 0.3) is 0 Å². The van der Waals surface area contributed by atoms with E-state index in [9.17, 15) is 0 Å². The Balaban J connectivity index is 1.90. The van der Waals surface area contributed by atoms with Crippen molar-refractivity contribution in [3.8, 4) is 11.8 Å². The van der Waals surface area contributed by atoms with Gasteiger partial charge in [-0.05, 0) is 59.0 Å². The van der Waals surface area contributed by atoms with Crippen molar-refractivity contribution in [1.82, 2.24) is 0 Å². The van der Waals surface area contributed by atoms with E-state index in [0.717, 1.165) is 17.6 Å². The van der Waals surface area contributed by atoms with E-state index in [1.165, 1.54) is 33.7 Å². The van der Waals surface area contributed by atoms with Gasteiger partial charge in [0.05, 0.1) is 0 Å². The molecular weight excluding hydrogens is 340 g/mol. The van der Waals surface area contributed by atoms with Crippen LogP contribution in [-0.2, 0) is 6.42 Å². The summed E-state index contributed by atoms with van der Waals surface area (Å²) < 4.78 is 2.15. The monoisotopic (exact) mass is 365 g/mol. The summed E-state index contributed by atoms with van der Waals surface area (Å²) in [7, 11) is 8.34. The van der Waals surface area contributed by atoms with E-state index in [1.807, 2.05) is 18.2 Å². The molecule has 0 radical (unpaired) electrons. The molecule has 0 aliphatic heterocycles. The average Bonchev–Trinajstić information content (AvgIpc) is 2.70. The molecule has 0 saturated carbocycles. The van der Waals surface area contributed by atoms with Gasteiger partial charge in [0.1, 0.15) is 14.1 Å². The van der Waals surface area contributed by atoms with Gasteiger partial charge in [-0.15, -0.1) is 0 Å². The molecule has 28 heavy (non-hydrogen) atoms. The number of fused-ring (bicyclic) bond motifs is 2. The molecule has 0 aromatic heterocycles. The van der Waals surface area contributed by atoms with E-state index in [0.29, 0.717) is 0 Å². The van der Waals surface area contributed by atoms with Crippen molar-refractivity contribution in [2.24, 2.45) is 0 Å². The Kier molecular flexibility index (Phi) is 4.75. The minimum atomic E-state index is 0.935. The molecule has 0 heterocycles. The van der Waals surface area contributed by atoms with E-state index < -0.39 is 0 Å². The fourth-order valence-corrected chi connectivity index (χ4v) is 3.64. The smallest absolute Gasteiger partial charge is 0.199 e. The van der Waals surface area contributed by atoms with Gasteiger partial charge in [0, 0.05) is 43.1 Å². The summed E-state index contributed by atoms with van der Waals surface area (Å²) in [5.41, 5.74) is 9.79. The number of benzene rings is 2. The highest BCUT2D eigenvalue weighted by Crippen LogP contribution is 2.38. The quantitative estimate of drug-likeness (QED) is 0.539. The summed E-state index contributed by atoms with van der Waals surface area (Å²) in [6, 6.07) is 16.9. The Morgan fingerprint density at radius 3 is 2.43 bits per heavy atom. The molecule has 2 heteroatoms. The Hall–Kier alpha value is -3.31. The lowest BCUT2D eigenvalue weighted by atomic mass is 9.79. The minimum Gasteiger partial charge on any atom is -0.378 e. The first-order valence-electron chi connectivity index (χ1n) is 9.58. The van der Waals surface area contributed by atoms with Gasteiger partial charge in [0.15, 0.2) is 5.71 Å². The van der Waals surface area contributed by atoms with Gasteiger partial charge in [-0.2, -0.15) is 0 Å². The van der Waals surface area contributed by atoms with Gasteiger partial charge in [0.2, 0.25) is 0 Å². The van der Waals surface area contributed by atoms with Gasteiger partial charge in [-0.25, -0.2) is 4.58 Å². The first kappa shape index (κ1) is 18.1. The second kappa shape index (κ2) is 7.37. The largest absolute Gasteiger partial charge is 0.378 e. The van der Waals surface area contributed by atoms with Crippen LogP contribution in [0, 0.1) is 11.8 Å². The van der Waals surface area contributed by atoms with E-state index in [-0.39, 0.29) is 0 Å². The second-order valence-electron chi connectivity index (χ2n) is 7.64. The molecule has 0 bridgehead atoms. The van der Waals surface area contributed by atoms with Crippen LogP contribution in [0.3, 0.4) is 0 Å². The lowest BCUT2D eigenvalue weighted by molar-refractivity contribution is -0.462. The predicted molar refractivity (Wildman–Crippen MR) is 119 cm³/mol. The van der Waals surface area contributed by atoms with Crippen molar-refractivity contribution in [3.05, 3.63) is 94.6 Å². The first-order chi connectivity index (χ1) is 13.5. The fraction of sp³-hybridized carbons (Fsp3) is 0.192. The van der Waals surface area contributed by atoms with Crippen molar-refractivity contribution >= 4 is 17.0 Å². The molecule has 0 spiro atoms. The molecule has 0 unspecified atom stereocenters. The SMILES string of the molecule is CN(C)c1ccc2c(c1)CC1=CC(=[N+](C)C)C=CC1=C2C#Cc1ccccc1. The molecule has 2 aliphatic rings. The van der Waals surface area contributed by atoms with Crippen molar-refractivity contribution in [1.29, 1.82) is 0 Å². The molecule has 0 N–H and O–H groups in total. The Morgan fingerprint density at radius 1 is 0.929 bits per heavy atom. The minimum absolute atomic E-state index is 0.935. The van der Waals surface area contributed by atoms with Crippen LogP contribution in [0.1, 0.15) is 16.7 Å². The van der Waals surface area contributed by atoms with Crippen LogP contribution in [-0.4, -0.2) is 38.5 Å². The summed E-state index contributed by atoms with van der Waals surface area (Å²) in [5, 5.41) is 0. The third-order valence-electron chi connectivity index (χ3n) is 5.24. The predicted octanol–water partition coefficient (Wildman–Crippen LogP) is 4.32. The van der Waals surface area contributed by atoms with Gasteiger partial charge >= 0.3 is 0 Å². The van der Waals surface area contributed by atoms with Crippen molar-refractivity contribution < 1.29 is 4.58 Å². The Bertz CT molecular complexity index is 1110. The molecule has 0 saturated heterocycles. The number of rotatable bonds is 1. The van der Waals surface area contributed by atoms with E-state index in [2.05, 4.69) is 98.1 Å². The summed E-state index contributed by atoms with van der Waals surface area (Å²) >= 11 is 0. The summed E-state index contributed by atoms with van der Waals surface area (Å²) in [6.45, 7) is 0. The third kappa shape index (κ3) is 3.44. The molecule has 2 aromatic carbocycles. The van der Waals surface area contributed by atoms with Crippen LogP contribution in [0.25, 0.3) is 5.57 Å². The Labute approximate surface area is 167 Å². The van der Waals surface area contributed by atoms with Crippen LogP contribution < -0.4 is 4.90 Å². The van der Waals surface area contributed by atoms with Crippen LogP contribution in [0.15, 0.2) is 77.9 Å². The molecule has 4 rings (SSSR count). The molecule has 0 amide bonds. The second-order valence-corrected chi connectivity index (χ2v) is 7.64. The normalized spacial score (nSPS) is 14.6. The molecule has 0 fully saturated rings. The average molecular weight is 366 g/mol. The molecular formula is C26H25N2+. The highest BCUT2D eigenvalue weighted by atomic mass is 15.1. The van der Waals surface area contributed by atoms with Crippen molar-refractivity contribution in [3.63, 3.8) is 0 Å². The number of hydrogen-bond acceptors (Lipinski definition) is 1. The number of nitrogens with zero attached hydrogens (tertiary/aromatic N) is 2. The fourth-order valence-electron chi connectivity index (χ4n) is 3.64. The van der Waals surface area contributed by atoms with E-state index in [1.54, 1.807) is 0 Å². The summed E-state index contributed by atoms with van der Waals surface area (Å²) in [4.78, 5) is 2.15. The molecule has 0 atom stereocenters. The van der Waals surface area contributed by atoms with Gasteiger partial charge in [-0.1, -0.05) is 36.1 Å². The Morgan fingerprint density at radius 2 is 1.71 bits per heavy atom.